The number of nitrogens with one attached hydrogen (secondary N) is 1. The van der Waals surface area contributed by atoms with E-state index in [0.717, 1.165) is 12.2 Å². The van der Waals surface area contributed by atoms with E-state index < -0.39 is 0 Å². The molecule has 0 spiro atoms. The lowest BCUT2D eigenvalue weighted by molar-refractivity contribution is -0.667. The van der Waals surface area contributed by atoms with Gasteiger partial charge < -0.3 is 22.3 Å². The Labute approximate surface area is 153 Å². The van der Waals surface area contributed by atoms with E-state index in [-0.39, 0.29) is 17.0 Å². The molecule has 0 amide bonds. The quantitative estimate of drug-likeness (QED) is 0.527. The van der Waals surface area contributed by atoms with Crippen molar-refractivity contribution in [1.29, 1.82) is 0 Å². The molecule has 0 aliphatic rings. The molecule has 0 atom stereocenters. The van der Waals surface area contributed by atoms with E-state index in [1.807, 2.05) is 42.6 Å². The average Bonchev–Trinajstić information content (AvgIpc) is 2.62. The molecule has 0 aliphatic carbocycles. The molecule has 2 nitrogen and oxygen atoms in total. The number of pyridine rings is 1. The van der Waals surface area contributed by atoms with Crippen LogP contribution in [-0.2, 0) is 6.54 Å². The van der Waals surface area contributed by atoms with Gasteiger partial charge in [-0.15, -0.1) is 0 Å². The van der Waals surface area contributed by atoms with Gasteiger partial charge in [-0.1, -0.05) is 42.5 Å². The van der Waals surface area contributed by atoms with E-state index in [0.29, 0.717) is 0 Å². The SMILES string of the molecule is CC[n+]1ccc(C=CC=CNc2ccccc2)c2ccccc21.[Br-]. The molecule has 0 saturated heterocycles. The minimum atomic E-state index is 0. The molecule has 0 radical (unpaired) electrons. The van der Waals surface area contributed by atoms with Gasteiger partial charge in [0, 0.05) is 24.0 Å². The van der Waals surface area contributed by atoms with Gasteiger partial charge in [0.05, 0.1) is 5.39 Å². The first-order chi connectivity index (χ1) is 11.4. The Morgan fingerprint density at radius 1 is 0.917 bits per heavy atom. The summed E-state index contributed by atoms with van der Waals surface area (Å²) in [7, 11) is 0. The molecular weight excluding hydrogens is 360 g/mol. The van der Waals surface area contributed by atoms with Crippen LogP contribution in [0.5, 0.6) is 0 Å². The van der Waals surface area contributed by atoms with Crippen molar-refractivity contribution < 1.29 is 21.5 Å². The standard InChI is InChI=1S/C21H20N2.BrH/c1-2-23-17-15-18(20-13-6-7-14-21(20)23)10-8-9-16-22-19-11-4-3-5-12-19;/h3-17H,2H2,1H3;1H. The van der Waals surface area contributed by atoms with Crippen molar-refractivity contribution >= 4 is 22.7 Å². The number of rotatable bonds is 5. The molecule has 2 aromatic carbocycles. The minimum absolute atomic E-state index is 0. The Morgan fingerprint density at radius 3 is 2.46 bits per heavy atom. The summed E-state index contributed by atoms with van der Waals surface area (Å²) in [5.74, 6) is 0. The number of para-hydroxylation sites is 2. The van der Waals surface area contributed by atoms with Gasteiger partial charge in [0.1, 0.15) is 6.54 Å². The fourth-order valence-electron chi connectivity index (χ4n) is 2.62. The normalized spacial score (nSPS) is 11.0. The molecule has 3 rings (SSSR count). The van der Waals surface area contributed by atoms with Crippen LogP contribution in [0.3, 0.4) is 0 Å². The Bertz CT molecular complexity index is 839. The zero-order chi connectivity index (χ0) is 15.9. The van der Waals surface area contributed by atoms with Crippen LogP contribution in [0.25, 0.3) is 17.0 Å². The lowest BCUT2D eigenvalue weighted by Gasteiger charge is -2.02. The molecule has 3 aromatic rings. The molecule has 1 heterocycles. The van der Waals surface area contributed by atoms with E-state index in [4.69, 9.17) is 0 Å². The zero-order valence-corrected chi connectivity index (χ0v) is 15.3. The second-order valence-corrected chi connectivity index (χ2v) is 5.30. The molecule has 122 valence electrons. The number of aryl methyl sites for hydroxylation is 1. The van der Waals surface area contributed by atoms with Crippen LogP contribution in [0.4, 0.5) is 5.69 Å². The Balaban J connectivity index is 0.00000208. The van der Waals surface area contributed by atoms with Gasteiger partial charge in [-0.2, -0.15) is 4.57 Å². The van der Waals surface area contributed by atoms with Crippen molar-refractivity contribution in [2.75, 3.05) is 5.32 Å². The molecule has 24 heavy (non-hydrogen) atoms. The molecule has 1 aromatic heterocycles. The number of benzene rings is 2. The maximum absolute atomic E-state index is 3.25. The van der Waals surface area contributed by atoms with Crippen LogP contribution in [0, 0.1) is 0 Å². The van der Waals surface area contributed by atoms with Gasteiger partial charge >= 0.3 is 0 Å². The van der Waals surface area contributed by atoms with Crippen LogP contribution in [0.2, 0.25) is 0 Å². The van der Waals surface area contributed by atoms with Crippen molar-refractivity contribution in [3.8, 4) is 0 Å². The molecule has 3 heteroatoms. The predicted molar refractivity (Wildman–Crippen MR) is 98.1 cm³/mol. The fourth-order valence-corrected chi connectivity index (χ4v) is 2.62. The first-order valence-electron chi connectivity index (χ1n) is 7.94. The Hall–Kier alpha value is -2.39. The third kappa shape index (κ3) is 4.33. The molecule has 1 N–H and O–H groups in total. The number of allylic oxidation sites excluding steroid dienone is 2. The highest BCUT2D eigenvalue weighted by Gasteiger charge is 2.08. The number of aromatic nitrogens is 1. The third-order valence-electron chi connectivity index (χ3n) is 3.81. The summed E-state index contributed by atoms with van der Waals surface area (Å²) in [6.07, 6.45) is 10.3. The summed E-state index contributed by atoms with van der Waals surface area (Å²) in [6, 6.07) is 20.8. The zero-order valence-electron chi connectivity index (χ0n) is 13.7. The van der Waals surface area contributed by atoms with Gasteiger partial charge in [0.25, 0.3) is 0 Å². The molecule has 0 unspecified atom stereocenters. The summed E-state index contributed by atoms with van der Waals surface area (Å²) in [4.78, 5) is 0. The number of halogens is 1. The first kappa shape index (κ1) is 18.0. The van der Waals surface area contributed by atoms with Crippen molar-refractivity contribution in [3.63, 3.8) is 0 Å². The second kappa shape index (κ2) is 9.04. The van der Waals surface area contributed by atoms with Gasteiger partial charge in [-0.25, -0.2) is 0 Å². The van der Waals surface area contributed by atoms with E-state index in [1.165, 1.54) is 16.5 Å². The van der Waals surface area contributed by atoms with Gasteiger partial charge in [0.2, 0.25) is 5.52 Å². The summed E-state index contributed by atoms with van der Waals surface area (Å²) in [6.45, 7) is 3.14. The maximum atomic E-state index is 3.25. The number of nitrogens with zero attached hydrogens (tertiary/aromatic N) is 1. The minimum Gasteiger partial charge on any atom is -1.00 e. The predicted octanol–water partition coefficient (Wildman–Crippen LogP) is 1.79. The van der Waals surface area contributed by atoms with Gasteiger partial charge in [0.15, 0.2) is 6.20 Å². The van der Waals surface area contributed by atoms with Crippen LogP contribution >= 0.6 is 0 Å². The summed E-state index contributed by atoms with van der Waals surface area (Å²) in [5.41, 5.74) is 3.59. The van der Waals surface area contributed by atoms with E-state index in [1.54, 1.807) is 0 Å². The molecule has 0 fully saturated rings. The van der Waals surface area contributed by atoms with E-state index >= 15 is 0 Å². The monoisotopic (exact) mass is 380 g/mol. The van der Waals surface area contributed by atoms with Crippen molar-refractivity contribution in [2.45, 2.75) is 13.5 Å². The summed E-state index contributed by atoms with van der Waals surface area (Å²) < 4.78 is 2.26. The summed E-state index contributed by atoms with van der Waals surface area (Å²) in [5, 5.41) is 4.53. The third-order valence-corrected chi connectivity index (χ3v) is 3.81. The van der Waals surface area contributed by atoms with E-state index in [2.05, 4.69) is 65.5 Å². The van der Waals surface area contributed by atoms with E-state index in [9.17, 15) is 0 Å². The smallest absolute Gasteiger partial charge is 0.213 e. The largest absolute Gasteiger partial charge is 1.00 e. The summed E-state index contributed by atoms with van der Waals surface area (Å²) >= 11 is 0. The van der Waals surface area contributed by atoms with Crippen LogP contribution in [0.15, 0.2) is 85.2 Å². The fraction of sp³-hybridized carbons (Fsp3) is 0.0952. The lowest BCUT2D eigenvalue weighted by atomic mass is 10.1. The van der Waals surface area contributed by atoms with Crippen molar-refractivity contribution in [1.82, 2.24) is 0 Å². The number of hydrogen-bond acceptors (Lipinski definition) is 1. The first-order valence-corrected chi connectivity index (χ1v) is 7.94. The molecule has 0 saturated carbocycles. The highest BCUT2D eigenvalue weighted by Crippen LogP contribution is 2.16. The highest BCUT2D eigenvalue weighted by atomic mass is 79.9. The molecule has 0 bridgehead atoms. The van der Waals surface area contributed by atoms with Crippen molar-refractivity contribution in [3.05, 3.63) is 90.8 Å². The highest BCUT2D eigenvalue weighted by molar-refractivity contribution is 5.85. The molecule has 0 aliphatic heterocycles. The van der Waals surface area contributed by atoms with Crippen molar-refractivity contribution in [2.24, 2.45) is 0 Å². The van der Waals surface area contributed by atoms with Gasteiger partial charge in [-0.3, -0.25) is 0 Å². The number of fused-ring (bicyclic) bond motifs is 1. The Kier molecular flexibility index (Phi) is 6.76. The van der Waals surface area contributed by atoms with Gasteiger partial charge in [-0.05, 0) is 36.8 Å². The van der Waals surface area contributed by atoms with Crippen LogP contribution in [-0.4, -0.2) is 0 Å². The molecular formula is C21H21BrN2. The maximum Gasteiger partial charge on any atom is 0.213 e. The number of hydrogen-bond donors (Lipinski definition) is 1. The average molecular weight is 381 g/mol. The lowest BCUT2D eigenvalue weighted by Crippen LogP contribution is -3.00. The topological polar surface area (TPSA) is 15.9 Å². The number of anilines is 1. The Morgan fingerprint density at radius 2 is 1.67 bits per heavy atom. The van der Waals surface area contributed by atoms with Crippen LogP contribution in [0.1, 0.15) is 12.5 Å². The van der Waals surface area contributed by atoms with Crippen LogP contribution < -0.4 is 26.9 Å². The second-order valence-electron chi connectivity index (χ2n) is 5.30.